The summed E-state index contributed by atoms with van der Waals surface area (Å²) >= 11 is 7.78. The van der Waals surface area contributed by atoms with E-state index in [1.54, 1.807) is 11.3 Å². The van der Waals surface area contributed by atoms with E-state index in [4.69, 9.17) is 11.6 Å². The molecule has 0 aliphatic carbocycles. The lowest BCUT2D eigenvalue weighted by Crippen LogP contribution is -2.33. The van der Waals surface area contributed by atoms with Crippen LogP contribution in [0.2, 0.25) is 0 Å². The smallest absolute Gasteiger partial charge is 0.0897 e. The highest BCUT2D eigenvalue weighted by Crippen LogP contribution is 2.18. The maximum Gasteiger partial charge on any atom is 0.0897 e. The van der Waals surface area contributed by atoms with Crippen molar-refractivity contribution in [2.45, 2.75) is 31.7 Å². The zero-order valence-corrected chi connectivity index (χ0v) is 9.94. The average molecular weight is 231 g/mol. The van der Waals surface area contributed by atoms with Gasteiger partial charge >= 0.3 is 0 Å². The third-order valence-electron chi connectivity index (χ3n) is 2.57. The minimum absolute atomic E-state index is 0.392. The lowest BCUT2D eigenvalue weighted by Gasteiger charge is -2.28. The van der Waals surface area contributed by atoms with Crippen molar-refractivity contribution >= 4 is 22.9 Å². The molecule has 0 radical (unpaired) electrons. The van der Waals surface area contributed by atoms with Crippen molar-refractivity contribution < 1.29 is 0 Å². The summed E-state index contributed by atoms with van der Waals surface area (Å²) in [4.78, 5) is 6.91. The molecule has 78 valence electrons. The van der Waals surface area contributed by atoms with Crippen LogP contribution in [-0.4, -0.2) is 28.4 Å². The molecule has 0 aromatic carbocycles. The summed E-state index contributed by atoms with van der Waals surface area (Å²) in [6.45, 7) is 5.28. The van der Waals surface area contributed by atoms with E-state index in [0.717, 1.165) is 37.5 Å². The maximum absolute atomic E-state index is 6.05. The maximum atomic E-state index is 6.05. The SMILES string of the molecule is Cc1nc(CN2CCC(Cl)CC2)cs1. The highest BCUT2D eigenvalue weighted by atomic mass is 35.5. The Morgan fingerprint density at radius 2 is 2.29 bits per heavy atom. The molecule has 0 spiro atoms. The van der Waals surface area contributed by atoms with Crippen LogP contribution in [0.4, 0.5) is 0 Å². The molecule has 1 aromatic rings. The number of halogens is 1. The van der Waals surface area contributed by atoms with E-state index in [0.29, 0.717) is 5.38 Å². The quantitative estimate of drug-likeness (QED) is 0.727. The molecule has 2 heterocycles. The van der Waals surface area contributed by atoms with Crippen molar-refractivity contribution in [3.63, 3.8) is 0 Å². The molecular formula is C10H15ClN2S. The van der Waals surface area contributed by atoms with Crippen LogP contribution in [0, 0.1) is 6.92 Å². The first-order valence-corrected chi connectivity index (χ1v) is 6.33. The molecule has 1 aliphatic heterocycles. The Morgan fingerprint density at radius 3 is 2.86 bits per heavy atom. The summed E-state index contributed by atoms with van der Waals surface area (Å²) in [7, 11) is 0. The third-order valence-corrected chi connectivity index (χ3v) is 3.83. The monoisotopic (exact) mass is 230 g/mol. The molecule has 4 heteroatoms. The Bertz CT molecular complexity index is 292. The summed E-state index contributed by atoms with van der Waals surface area (Å²) in [5, 5.41) is 3.71. The van der Waals surface area contributed by atoms with Gasteiger partial charge in [-0.1, -0.05) is 0 Å². The van der Waals surface area contributed by atoms with E-state index in [-0.39, 0.29) is 0 Å². The first kappa shape index (κ1) is 10.4. The Balaban J connectivity index is 1.86. The number of hydrogen-bond donors (Lipinski definition) is 0. The number of rotatable bonds is 2. The predicted octanol–water partition coefficient (Wildman–Crippen LogP) is 2.65. The first-order chi connectivity index (χ1) is 6.74. The molecule has 1 aromatic heterocycles. The highest BCUT2D eigenvalue weighted by molar-refractivity contribution is 7.09. The standard InChI is InChI=1S/C10H15ClN2S/c1-8-12-10(7-14-8)6-13-4-2-9(11)3-5-13/h7,9H,2-6H2,1H3. The third kappa shape index (κ3) is 2.69. The molecule has 2 rings (SSSR count). The van der Waals surface area contributed by atoms with E-state index in [9.17, 15) is 0 Å². The minimum atomic E-state index is 0.392. The first-order valence-electron chi connectivity index (χ1n) is 5.01. The van der Waals surface area contributed by atoms with Crippen molar-refractivity contribution in [1.29, 1.82) is 0 Å². The molecule has 0 amide bonds. The summed E-state index contributed by atoms with van der Waals surface area (Å²) in [6, 6.07) is 0. The number of aromatic nitrogens is 1. The summed E-state index contributed by atoms with van der Waals surface area (Å²) < 4.78 is 0. The van der Waals surface area contributed by atoms with Crippen LogP contribution in [0.25, 0.3) is 0 Å². The molecule has 14 heavy (non-hydrogen) atoms. The van der Waals surface area contributed by atoms with Gasteiger partial charge in [-0.05, 0) is 32.9 Å². The zero-order chi connectivity index (χ0) is 9.97. The van der Waals surface area contributed by atoms with E-state index in [1.165, 1.54) is 5.69 Å². The van der Waals surface area contributed by atoms with E-state index >= 15 is 0 Å². The van der Waals surface area contributed by atoms with Crippen molar-refractivity contribution in [2.75, 3.05) is 13.1 Å². The number of likely N-dealkylation sites (tertiary alicyclic amines) is 1. The molecule has 0 N–H and O–H groups in total. The highest BCUT2D eigenvalue weighted by Gasteiger charge is 2.17. The molecule has 1 saturated heterocycles. The second-order valence-electron chi connectivity index (χ2n) is 3.81. The van der Waals surface area contributed by atoms with E-state index in [2.05, 4.69) is 22.2 Å². The van der Waals surface area contributed by atoms with Crippen LogP contribution >= 0.6 is 22.9 Å². The van der Waals surface area contributed by atoms with E-state index < -0.39 is 0 Å². The van der Waals surface area contributed by atoms with Crippen LogP contribution in [0.1, 0.15) is 23.5 Å². The Labute approximate surface area is 93.9 Å². The van der Waals surface area contributed by atoms with Gasteiger partial charge in [0.05, 0.1) is 10.7 Å². The predicted molar refractivity (Wildman–Crippen MR) is 61.0 cm³/mol. The van der Waals surface area contributed by atoms with Crippen molar-refractivity contribution in [3.8, 4) is 0 Å². The Kier molecular flexibility index (Phi) is 3.42. The second-order valence-corrected chi connectivity index (χ2v) is 5.49. The molecule has 0 unspecified atom stereocenters. The van der Waals surface area contributed by atoms with Gasteiger partial charge < -0.3 is 0 Å². The van der Waals surface area contributed by atoms with Gasteiger partial charge in [-0.3, -0.25) is 4.90 Å². The number of aryl methyl sites for hydroxylation is 1. The molecule has 0 saturated carbocycles. The van der Waals surface area contributed by atoms with Gasteiger partial charge in [-0.15, -0.1) is 22.9 Å². The van der Waals surface area contributed by atoms with Crippen LogP contribution < -0.4 is 0 Å². The summed E-state index contributed by atoms with van der Waals surface area (Å²) in [5.74, 6) is 0. The largest absolute Gasteiger partial charge is 0.297 e. The minimum Gasteiger partial charge on any atom is -0.297 e. The van der Waals surface area contributed by atoms with Crippen LogP contribution in [0.5, 0.6) is 0 Å². The topological polar surface area (TPSA) is 16.1 Å². The van der Waals surface area contributed by atoms with Gasteiger partial charge in [0.25, 0.3) is 0 Å². The molecule has 0 atom stereocenters. The summed E-state index contributed by atoms with van der Waals surface area (Å²) in [5.41, 5.74) is 1.21. The van der Waals surface area contributed by atoms with Gasteiger partial charge in [0.15, 0.2) is 0 Å². The molecular weight excluding hydrogens is 216 g/mol. The van der Waals surface area contributed by atoms with Crippen molar-refractivity contribution in [1.82, 2.24) is 9.88 Å². The van der Waals surface area contributed by atoms with Crippen LogP contribution in [-0.2, 0) is 6.54 Å². The fourth-order valence-corrected chi connectivity index (χ4v) is 2.57. The Hall–Kier alpha value is -0.120. The van der Waals surface area contributed by atoms with Gasteiger partial charge in [-0.2, -0.15) is 0 Å². The fourth-order valence-electron chi connectivity index (χ4n) is 1.77. The van der Waals surface area contributed by atoms with Gasteiger partial charge in [0.1, 0.15) is 0 Å². The Morgan fingerprint density at radius 1 is 1.57 bits per heavy atom. The number of alkyl halides is 1. The number of nitrogens with zero attached hydrogens (tertiary/aromatic N) is 2. The summed E-state index contributed by atoms with van der Waals surface area (Å²) in [6.07, 6.45) is 2.23. The molecule has 0 bridgehead atoms. The van der Waals surface area contributed by atoms with E-state index in [1.807, 2.05) is 0 Å². The second kappa shape index (κ2) is 4.60. The van der Waals surface area contributed by atoms with Crippen LogP contribution in [0.3, 0.4) is 0 Å². The van der Waals surface area contributed by atoms with Crippen LogP contribution in [0.15, 0.2) is 5.38 Å². The van der Waals surface area contributed by atoms with Gasteiger partial charge in [0.2, 0.25) is 0 Å². The molecule has 1 fully saturated rings. The number of hydrogen-bond acceptors (Lipinski definition) is 3. The fraction of sp³-hybridized carbons (Fsp3) is 0.700. The molecule has 2 nitrogen and oxygen atoms in total. The zero-order valence-electron chi connectivity index (χ0n) is 8.37. The number of piperidine rings is 1. The average Bonchev–Trinajstić information content (AvgIpc) is 2.56. The number of thiazole rings is 1. The normalized spacial score (nSPS) is 20.1. The van der Waals surface area contributed by atoms with Crippen molar-refractivity contribution in [2.24, 2.45) is 0 Å². The van der Waals surface area contributed by atoms with Gasteiger partial charge in [-0.25, -0.2) is 4.98 Å². The molecule has 1 aliphatic rings. The van der Waals surface area contributed by atoms with Gasteiger partial charge in [0, 0.05) is 17.3 Å². The lowest BCUT2D eigenvalue weighted by molar-refractivity contribution is 0.221. The van der Waals surface area contributed by atoms with Crippen molar-refractivity contribution in [3.05, 3.63) is 16.1 Å². The lowest BCUT2D eigenvalue weighted by atomic mass is 10.1.